The van der Waals surface area contributed by atoms with Crippen LogP contribution < -0.4 is 15.5 Å². The first-order chi connectivity index (χ1) is 19.6. The maximum Gasteiger partial charge on any atom is 0.342 e. The number of anilines is 1. The molecule has 0 radical (unpaired) electrons. The standard InChI is InChI=1S/C28H35N9O3/c1-2-39-22-9-7-21(8-10-22)33-14-11-32(12-15-33)13-16-34-27-31-26-25(37(27)36(28(34)38)18-20-5-6-20)24(30-19-35(26)29)23-4-3-17-40-23/h3-4,7-10,17,19-20,27H,2,5-6,11-16,18,29H2,1H3. The lowest BCUT2D eigenvalue weighted by Gasteiger charge is -2.36. The number of amides is 2. The summed E-state index contributed by atoms with van der Waals surface area (Å²) in [4.78, 5) is 30.0. The molecule has 7 rings (SSSR count). The molecule has 12 nitrogen and oxygen atoms in total. The molecule has 12 heteroatoms. The monoisotopic (exact) mass is 545 g/mol. The summed E-state index contributed by atoms with van der Waals surface area (Å²) in [6, 6.07) is 12.0. The molecule has 1 aromatic carbocycles. The maximum absolute atomic E-state index is 13.8. The molecule has 4 aliphatic heterocycles. The molecule has 1 aromatic heterocycles. The van der Waals surface area contributed by atoms with Crippen LogP contribution >= 0.6 is 0 Å². The highest BCUT2D eigenvalue weighted by molar-refractivity contribution is 6.12. The van der Waals surface area contributed by atoms with E-state index in [9.17, 15) is 4.79 Å². The Morgan fingerprint density at radius 3 is 2.58 bits per heavy atom. The topological polar surface area (TPSA) is 110 Å². The van der Waals surface area contributed by atoms with Crippen molar-refractivity contribution in [2.24, 2.45) is 21.7 Å². The molecule has 210 valence electrons. The number of aliphatic imine (C=N–C) groups is 2. The summed E-state index contributed by atoms with van der Waals surface area (Å²) in [7, 11) is 0. The third-order valence-corrected chi connectivity index (χ3v) is 8.11. The number of hydrogen-bond donors (Lipinski definition) is 1. The fourth-order valence-electron chi connectivity index (χ4n) is 5.78. The van der Waals surface area contributed by atoms with E-state index in [4.69, 9.17) is 20.0 Å². The molecular weight excluding hydrogens is 510 g/mol. The molecule has 5 aliphatic rings. The average molecular weight is 546 g/mol. The van der Waals surface area contributed by atoms with Gasteiger partial charge in [-0.2, -0.15) is 0 Å². The summed E-state index contributed by atoms with van der Waals surface area (Å²) in [6.07, 6.45) is 4.96. The minimum Gasteiger partial charge on any atom is -0.494 e. The Kier molecular flexibility index (Phi) is 6.35. The largest absolute Gasteiger partial charge is 0.494 e. The van der Waals surface area contributed by atoms with Crippen LogP contribution in [0.15, 0.2) is 62.8 Å². The molecule has 3 fully saturated rings. The molecular formula is C28H35N9O3. The van der Waals surface area contributed by atoms with Gasteiger partial charge in [0.1, 0.15) is 23.5 Å². The van der Waals surface area contributed by atoms with Crippen LogP contribution in [0.3, 0.4) is 0 Å². The lowest BCUT2D eigenvalue weighted by Crippen LogP contribution is -2.49. The lowest BCUT2D eigenvalue weighted by atomic mass is 10.2. The second-order valence-electron chi connectivity index (χ2n) is 10.7. The van der Waals surface area contributed by atoms with Crippen molar-refractivity contribution in [3.63, 3.8) is 0 Å². The van der Waals surface area contributed by atoms with Crippen molar-refractivity contribution in [2.75, 3.05) is 57.3 Å². The third-order valence-electron chi connectivity index (χ3n) is 8.11. The number of carbonyl (C=O) groups excluding carboxylic acids is 1. The molecule has 1 unspecified atom stereocenters. The number of fused-ring (bicyclic) bond motifs is 3. The van der Waals surface area contributed by atoms with E-state index in [-0.39, 0.29) is 6.03 Å². The van der Waals surface area contributed by atoms with Crippen LogP contribution in [0, 0.1) is 5.92 Å². The summed E-state index contributed by atoms with van der Waals surface area (Å²) < 4.78 is 11.3. The van der Waals surface area contributed by atoms with E-state index in [1.54, 1.807) is 12.6 Å². The van der Waals surface area contributed by atoms with Gasteiger partial charge in [0, 0.05) is 51.5 Å². The van der Waals surface area contributed by atoms with Gasteiger partial charge in [-0.25, -0.2) is 35.6 Å². The predicted octanol–water partition coefficient (Wildman–Crippen LogP) is 2.45. The van der Waals surface area contributed by atoms with E-state index in [1.165, 1.54) is 10.7 Å². The average Bonchev–Trinajstić information content (AvgIpc) is 3.36. The van der Waals surface area contributed by atoms with Crippen LogP contribution in [0.1, 0.15) is 25.5 Å². The van der Waals surface area contributed by atoms with Gasteiger partial charge in [0.25, 0.3) is 0 Å². The fourth-order valence-corrected chi connectivity index (χ4v) is 5.78. The fraction of sp³-hybridized carbons (Fsp3) is 0.464. The minimum absolute atomic E-state index is 0.0165. The normalized spacial score (nSPS) is 22.9. The number of carbonyl (C=O) groups is 1. The van der Waals surface area contributed by atoms with Gasteiger partial charge in [0.05, 0.1) is 12.9 Å². The SMILES string of the molecule is CCOc1ccc(N2CCN(CCN3C(=O)N(CC4CC4)N4C5=C(c6ccco6)N=CN(N)C5=NC34)CC2)cc1. The highest BCUT2D eigenvalue weighted by Crippen LogP contribution is 2.41. The van der Waals surface area contributed by atoms with Gasteiger partial charge in [0.2, 0.25) is 6.29 Å². The van der Waals surface area contributed by atoms with Crippen LogP contribution in [0.25, 0.3) is 5.70 Å². The summed E-state index contributed by atoms with van der Waals surface area (Å²) in [5.74, 6) is 8.90. The zero-order valence-electron chi connectivity index (χ0n) is 22.7. The van der Waals surface area contributed by atoms with Gasteiger partial charge in [0.15, 0.2) is 11.6 Å². The van der Waals surface area contributed by atoms with Crippen LogP contribution in [0.5, 0.6) is 5.75 Å². The molecule has 2 aromatic rings. The van der Waals surface area contributed by atoms with Gasteiger partial charge in [-0.05, 0) is 62.1 Å². The Bertz CT molecular complexity index is 1330. The Hall–Kier alpha value is -4.03. The summed E-state index contributed by atoms with van der Waals surface area (Å²) in [6.45, 7) is 8.43. The smallest absolute Gasteiger partial charge is 0.342 e. The molecule has 1 atom stereocenters. The van der Waals surface area contributed by atoms with Crippen molar-refractivity contribution in [1.82, 2.24) is 24.8 Å². The predicted molar refractivity (Wildman–Crippen MR) is 151 cm³/mol. The maximum atomic E-state index is 13.8. The van der Waals surface area contributed by atoms with Gasteiger partial charge in [-0.3, -0.25) is 9.80 Å². The number of benzene rings is 1. The van der Waals surface area contributed by atoms with Crippen molar-refractivity contribution < 1.29 is 13.9 Å². The van der Waals surface area contributed by atoms with Crippen LogP contribution in [-0.2, 0) is 0 Å². The Balaban J connectivity index is 1.06. The summed E-state index contributed by atoms with van der Waals surface area (Å²) >= 11 is 0. The first-order valence-corrected chi connectivity index (χ1v) is 14.1. The molecule has 1 saturated carbocycles. The molecule has 2 amide bonds. The molecule has 40 heavy (non-hydrogen) atoms. The van der Waals surface area contributed by atoms with Crippen LogP contribution in [0.4, 0.5) is 10.5 Å². The Morgan fingerprint density at radius 2 is 1.88 bits per heavy atom. The van der Waals surface area contributed by atoms with Crippen molar-refractivity contribution in [3.05, 3.63) is 54.1 Å². The first-order valence-electron chi connectivity index (χ1n) is 14.1. The zero-order valence-corrected chi connectivity index (χ0v) is 22.7. The van der Waals surface area contributed by atoms with E-state index in [1.807, 2.05) is 46.1 Å². The van der Waals surface area contributed by atoms with E-state index in [2.05, 4.69) is 26.9 Å². The van der Waals surface area contributed by atoms with E-state index in [0.717, 1.165) is 51.3 Å². The van der Waals surface area contributed by atoms with E-state index >= 15 is 0 Å². The first kappa shape index (κ1) is 25.0. The van der Waals surface area contributed by atoms with Crippen molar-refractivity contribution in [1.29, 1.82) is 0 Å². The van der Waals surface area contributed by atoms with Gasteiger partial charge >= 0.3 is 6.03 Å². The zero-order chi connectivity index (χ0) is 27.2. The third kappa shape index (κ3) is 4.46. The van der Waals surface area contributed by atoms with Crippen molar-refractivity contribution in [2.45, 2.75) is 26.1 Å². The van der Waals surface area contributed by atoms with Gasteiger partial charge in [-0.15, -0.1) is 0 Å². The van der Waals surface area contributed by atoms with Gasteiger partial charge < -0.3 is 14.1 Å². The van der Waals surface area contributed by atoms with Crippen molar-refractivity contribution >= 4 is 29.6 Å². The number of urea groups is 1. The van der Waals surface area contributed by atoms with Crippen LogP contribution in [0.2, 0.25) is 0 Å². The van der Waals surface area contributed by atoms with Crippen LogP contribution in [-0.4, -0.2) is 102 Å². The molecule has 2 saturated heterocycles. The second kappa shape index (κ2) is 10.2. The quantitative estimate of drug-likeness (QED) is 0.479. The Labute approximate surface area is 233 Å². The number of nitrogens with zero attached hydrogens (tertiary/aromatic N) is 8. The summed E-state index contributed by atoms with van der Waals surface area (Å²) in [5.41, 5.74) is 2.56. The van der Waals surface area contributed by atoms with E-state index in [0.29, 0.717) is 48.6 Å². The molecule has 2 N–H and O–H groups in total. The number of rotatable bonds is 9. The number of hydrogen-bond acceptors (Lipinski definition) is 10. The van der Waals surface area contributed by atoms with Crippen molar-refractivity contribution in [3.8, 4) is 5.75 Å². The lowest BCUT2D eigenvalue weighted by molar-refractivity contribution is 0.0582. The number of piperazine rings is 1. The summed E-state index contributed by atoms with van der Waals surface area (Å²) in [5, 5.41) is 5.25. The van der Waals surface area contributed by atoms with E-state index < -0.39 is 6.29 Å². The molecule has 5 heterocycles. The number of amidine groups is 1. The highest BCUT2D eigenvalue weighted by atomic mass is 16.5. The second-order valence-corrected chi connectivity index (χ2v) is 10.7. The number of ether oxygens (including phenoxy) is 1. The van der Waals surface area contributed by atoms with Gasteiger partial charge in [-0.1, -0.05) is 0 Å². The number of nitrogens with two attached hydrogens (primary N) is 1. The Morgan fingerprint density at radius 1 is 1.07 bits per heavy atom. The number of hydrazine groups is 2. The number of furan rings is 1. The highest BCUT2D eigenvalue weighted by Gasteiger charge is 2.53. The molecule has 1 aliphatic carbocycles. The minimum atomic E-state index is -0.487. The molecule has 0 bridgehead atoms. The molecule has 0 spiro atoms.